The number of hydrogen-bond donors (Lipinski definition) is 0. The summed E-state index contributed by atoms with van der Waals surface area (Å²) in [6.45, 7) is 2.17. The van der Waals surface area contributed by atoms with Crippen LogP contribution in [0, 0.1) is 0 Å². The lowest BCUT2D eigenvalue weighted by molar-refractivity contribution is 0.0715. The molecule has 102 valence electrons. The number of allylic oxidation sites excluding steroid dienone is 1. The van der Waals surface area contributed by atoms with E-state index in [4.69, 9.17) is 4.74 Å². The fourth-order valence-corrected chi connectivity index (χ4v) is 3.28. The van der Waals surface area contributed by atoms with Gasteiger partial charge in [-0.2, -0.15) is 0 Å². The Morgan fingerprint density at radius 1 is 1.20 bits per heavy atom. The molecule has 20 heavy (non-hydrogen) atoms. The van der Waals surface area contributed by atoms with Crippen molar-refractivity contribution in [2.24, 2.45) is 0 Å². The van der Waals surface area contributed by atoms with E-state index >= 15 is 0 Å². The van der Waals surface area contributed by atoms with Gasteiger partial charge in [-0.1, -0.05) is 43.7 Å². The highest BCUT2D eigenvalue weighted by Gasteiger charge is 2.30. The molecular formula is C17H15IO2. The Labute approximate surface area is 132 Å². The van der Waals surface area contributed by atoms with Crippen LogP contribution in [0.5, 0.6) is 0 Å². The molecule has 0 saturated carbocycles. The van der Waals surface area contributed by atoms with Crippen LogP contribution in [0.15, 0.2) is 40.0 Å². The summed E-state index contributed by atoms with van der Waals surface area (Å²) >= 11 is 2.31. The quantitative estimate of drug-likeness (QED) is 0.535. The normalized spacial score (nSPS) is 16.2. The number of cyclic esters (lactones) is 1. The topological polar surface area (TPSA) is 26.3 Å². The molecule has 0 atom stereocenters. The Balaban J connectivity index is 2.22. The number of rotatable bonds is 3. The van der Waals surface area contributed by atoms with E-state index in [1.54, 1.807) is 0 Å². The van der Waals surface area contributed by atoms with E-state index in [1.165, 1.54) is 0 Å². The number of fused-ring (bicyclic) bond motifs is 3. The molecule has 2 aromatic carbocycles. The summed E-state index contributed by atoms with van der Waals surface area (Å²) in [6.07, 6.45) is 3.21. The second-order valence-corrected chi connectivity index (χ2v) is 6.24. The number of esters is 1. The highest BCUT2D eigenvalue weighted by Crippen LogP contribution is 2.40. The molecule has 3 rings (SSSR count). The highest BCUT2D eigenvalue weighted by molar-refractivity contribution is 14.1. The van der Waals surface area contributed by atoms with Gasteiger partial charge in [0.2, 0.25) is 0 Å². The molecule has 0 fully saturated rings. The zero-order chi connectivity index (χ0) is 14.1. The van der Waals surface area contributed by atoms with Gasteiger partial charge in [0.25, 0.3) is 0 Å². The van der Waals surface area contributed by atoms with Crippen molar-refractivity contribution in [1.82, 2.24) is 0 Å². The van der Waals surface area contributed by atoms with Gasteiger partial charge in [-0.15, -0.1) is 0 Å². The van der Waals surface area contributed by atoms with Crippen LogP contribution in [-0.4, -0.2) is 5.97 Å². The summed E-state index contributed by atoms with van der Waals surface area (Å²) in [5.41, 5.74) is 1.65. The van der Waals surface area contributed by atoms with Gasteiger partial charge < -0.3 is 4.74 Å². The van der Waals surface area contributed by atoms with Gasteiger partial charge in [0.05, 0.1) is 5.56 Å². The molecule has 3 heteroatoms. The van der Waals surface area contributed by atoms with Crippen molar-refractivity contribution in [3.05, 3.63) is 51.1 Å². The third kappa shape index (κ3) is 2.24. The predicted molar refractivity (Wildman–Crippen MR) is 89.8 cm³/mol. The fourth-order valence-electron chi connectivity index (χ4n) is 2.52. The van der Waals surface area contributed by atoms with Gasteiger partial charge in [0, 0.05) is 9.14 Å². The Morgan fingerprint density at radius 2 is 2.00 bits per heavy atom. The molecule has 0 saturated heterocycles. The van der Waals surface area contributed by atoms with Crippen LogP contribution < -0.4 is 0 Å². The van der Waals surface area contributed by atoms with Crippen molar-refractivity contribution in [2.75, 3.05) is 0 Å². The van der Waals surface area contributed by atoms with E-state index in [0.29, 0.717) is 5.56 Å². The SMILES string of the molecule is CCCC/C(I)=C1\OC(=O)c2ccc3ccccc3c21. The number of carbonyl (C=O) groups excluding carboxylic acids is 1. The van der Waals surface area contributed by atoms with Gasteiger partial charge in [-0.05, 0) is 52.3 Å². The van der Waals surface area contributed by atoms with Crippen molar-refractivity contribution in [2.45, 2.75) is 26.2 Å². The molecule has 0 spiro atoms. The fraction of sp³-hybridized carbons (Fsp3) is 0.235. The molecule has 2 aromatic rings. The molecule has 0 amide bonds. The lowest BCUT2D eigenvalue weighted by Crippen LogP contribution is -1.93. The number of halogens is 1. The average molecular weight is 378 g/mol. The molecular weight excluding hydrogens is 363 g/mol. The van der Waals surface area contributed by atoms with Crippen LogP contribution >= 0.6 is 22.6 Å². The zero-order valence-electron chi connectivity index (χ0n) is 11.3. The highest BCUT2D eigenvalue weighted by atomic mass is 127. The molecule has 0 bridgehead atoms. The van der Waals surface area contributed by atoms with Crippen molar-refractivity contribution < 1.29 is 9.53 Å². The van der Waals surface area contributed by atoms with Gasteiger partial charge in [-0.3, -0.25) is 0 Å². The Bertz CT molecular complexity index is 716. The zero-order valence-corrected chi connectivity index (χ0v) is 13.4. The molecule has 0 unspecified atom stereocenters. The monoisotopic (exact) mass is 378 g/mol. The first-order chi connectivity index (χ1) is 9.72. The Morgan fingerprint density at radius 3 is 2.80 bits per heavy atom. The summed E-state index contributed by atoms with van der Waals surface area (Å²) in [4.78, 5) is 12.0. The minimum absolute atomic E-state index is 0.230. The standard InChI is InChI=1S/C17H15IO2/c1-2-3-8-14(18)16-15-12-7-5-4-6-11(12)9-10-13(15)17(19)20-16/h4-7,9-10H,2-3,8H2,1H3/b16-14+. The van der Waals surface area contributed by atoms with Crippen molar-refractivity contribution >= 4 is 45.1 Å². The largest absolute Gasteiger partial charge is 0.421 e. The first-order valence-electron chi connectivity index (χ1n) is 6.85. The molecule has 0 N–H and O–H groups in total. The van der Waals surface area contributed by atoms with E-state index in [0.717, 1.165) is 44.9 Å². The molecule has 0 aromatic heterocycles. The van der Waals surface area contributed by atoms with Gasteiger partial charge in [0.1, 0.15) is 5.76 Å². The first kappa shape index (κ1) is 13.6. The van der Waals surface area contributed by atoms with Gasteiger partial charge in [0.15, 0.2) is 0 Å². The summed E-state index contributed by atoms with van der Waals surface area (Å²) in [7, 11) is 0. The van der Waals surface area contributed by atoms with E-state index in [9.17, 15) is 4.79 Å². The average Bonchev–Trinajstić information content (AvgIpc) is 2.82. The summed E-state index contributed by atoms with van der Waals surface area (Å²) in [5.74, 6) is 0.530. The number of hydrogen-bond acceptors (Lipinski definition) is 2. The predicted octanol–water partition coefficient (Wildman–Crippen LogP) is 5.30. The van der Waals surface area contributed by atoms with Crippen LogP contribution in [0.1, 0.15) is 42.1 Å². The van der Waals surface area contributed by atoms with E-state index in [2.05, 4.69) is 41.6 Å². The minimum atomic E-state index is -0.230. The summed E-state index contributed by atoms with van der Waals surface area (Å²) in [5, 5.41) is 2.23. The molecule has 2 nitrogen and oxygen atoms in total. The maximum Gasteiger partial charge on any atom is 0.344 e. The van der Waals surface area contributed by atoms with Crippen molar-refractivity contribution in [3.8, 4) is 0 Å². The number of carbonyl (C=O) groups is 1. The maximum atomic E-state index is 12.0. The second-order valence-electron chi connectivity index (χ2n) is 4.94. The third-order valence-corrected chi connectivity index (χ3v) is 4.60. The Hall–Kier alpha value is -1.36. The lowest BCUT2D eigenvalue weighted by atomic mass is 9.98. The van der Waals surface area contributed by atoms with Crippen LogP contribution in [0.25, 0.3) is 16.5 Å². The maximum absolute atomic E-state index is 12.0. The third-order valence-electron chi connectivity index (χ3n) is 3.57. The van der Waals surface area contributed by atoms with Crippen LogP contribution in [-0.2, 0) is 4.74 Å². The van der Waals surface area contributed by atoms with Crippen LogP contribution in [0.3, 0.4) is 0 Å². The Kier molecular flexibility index (Phi) is 3.78. The van der Waals surface area contributed by atoms with Crippen LogP contribution in [0.2, 0.25) is 0 Å². The lowest BCUT2D eigenvalue weighted by Gasteiger charge is -2.07. The molecule has 0 aliphatic carbocycles. The number of unbranched alkanes of at least 4 members (excludes halogenated alkanes) is 1. The summed E-state index contributed by atoms with van der Waals surface area (Å²) < 4.78 is 6.66. The second kappa shape index (κ2) is 5.56. The minimum Gasteiger partial charge on any atom is -0.421 e. The number of benzene rings is 2. The van der Waals surface area contributed by atoms with Crippen molar-refractivity contribution in [3.63, 3.8) is 0 Å². The molecule has 1 aliphatic rings. The number of ether oxygens (including phenoxy) is 1. The van der Waals surface area contributed by atoms with Crippen LogP contribution in [0.4, 0.5) is 0 Å². The smallest absolute Gasteiger partial charge is 0.344 e. The van der Waals surface area contributed by atoms with Gasteiger partial charge >= 0.3 is 5.97 Å². The van der Waals surface area contributed by atoms with E-state index < -0.39 is 0 Å². The summed E-state index contributed by atoms with van der Waals surface area (Å²) in [6, 6.07) is 12.0. The molecule has 0 radical (unpaired) electrons. The van der Waals surface area contributed by atoms with E-state index in [1.807, 2.05) is 24.3 Å². The van der Waals surface area contributed by atoms with Gasteiger partial charge in [-0.25, -0.2) is 4.79 Å². The molecule has 1 heterocycles. The van der Waals surface area contributed by atoms with Crippen molar-refractivity contribution in [1.29, 1.82) is 0 Å². The first-order valence-corrected chi connectivity index (χ1v) is 7.93. The van der Waals surface area contributed by atoms with E-state index in [-0.39, 0.29) is 5.97 Å². The molecule has 1 aliphatic heterocycles.